The smallest absolute Gasteiger partial charge is 0.336 e. The third kappa shape index (κ3) is 2.26. The molecule has 0 bridgehead atoms. The highest BCUT2D eigenvalue weighted by Gasteiger charge is 2.09. The topological polar surface area (TPSA) is 30.2 Å². The molecule has 90 valence electrons. The molecular weight excluding hydrogens is 212 g/mol. The molecule has 0 aliphatic carbocycles. The normalized spacial score (nSPS) is 11.3. The van der Waals surface area contributed by atoms with Gasteiger partial charge < -0.3 is 4.42 Å². The monoisotopic (exact) mass is 230 g/mol. The van der Waals surface area contributed by atoms with Gasteiger partial charge in [0.2, 0.25) is 0 Å². The first kappa shape index (κ1) is 11.9. The van der Waals surface area contributed by atoms with Crippen LogP contribution in [0, 0.1) is 6.92 Å². The van der Waals surface area contributed by atoms with E-state index in [-0.39, 0.29) is 5.63 Å². The van der Waals surface area contributed by atoms with E-state index in [1.54, 1.807) is 6.07 Å². The van der Waals surface area contributed by atoms with E-state index in [4.69, 9.17) is 4.42 Å². The van der Waals surface area contributed by atoms with Crippen molar-refractivity contribution in [2.24, 2.45) is 0 Å². The standard InChI is InChI=1S/C15H18O2/c1-4-11(5-2)12-6-7-13-10(3)8-15(16)17-14(13)9-12/h6-9,11H,4-5H2,1-3H3. The fraction of sp³-hybridized carbons (Fsp3) is 0.400. The van der Waals surface area contributed by atoms with Crippen molar-refractivity contribution in [1.29, 1.82) is 0 Å². The van der Waals surface area contributed by atoms with Gasteiger partial charge in [-0.05, 0) is 42.9 Å². The van der Waals surface area contributed by atoms with Gasteiger partial charge in [-0.3, -0.25) is 0 Å². The number of rotatable bonds is 3. The van der Waals surface area contributed by atoms with Gasteiger partial charge in [-0.15, -0.1) is 0 Å². The molecule has 1 heterocycles. The van der Waals surface area contributed by atoms with E-state index in [9.17, 15) is 4.79 Å². The zero-order valence-corrected chi connectivity index (χ0v) is 10.6. The molecular formula is C15H18O2. The minimum atomic E-state index is -0.267. The summed E-state index contributed by atoms with van der Waals surface area (Å²) < 4.78 is 5.27. The van der Waals surface area contributed by atoms with Crippen LogP contribution in [0.3, 0.4) is 0 Å². The van der Waals surface area contributed by atoms with Crippen LogP contribution >= 0.6 is 0 Å². The van der Waals surface area contributed by atoms with E-state index >= 15 is 0 Å². The van der Waals surface area contributed by atoms with Crippen molar-refractivity contribution >= 4 is 11.0 Å². The zero-order chi connectivity index (χ0) is 12.4. The van der Waals surface area contributed by atoms with Gasteiger partial charge in [-0.25, -0.2) is 4.79 Å². The second-order valence-electron chi connectivity index (χ2n) is 4.52. The summed E-state index contributed by atoms with van der Waals surface area (Å²) >= 11 is 0. The lowest BCUT2D eigenvalue weighted by Gasteiger charge is -2.13. The van der Waals surface area contributed by atoms with Crippen LogP contribution in [0.5, 0.6) is 0 Å². The Kier molecular flexibility index (Phi) is 3.32. The van der Waals surface area contributed by atoms with E-state index in [2.05, 4.69) is 26.0 Å². The van der Waals surface area contributed by atoms with Crippen LogP contribution in [0.1, 0.15) is 43.7 Å². The summed E-state index contributed by atoms with van der Waals surface area (Å²) in [6.07, 6.45) is 2.22. The van der Waals surface area contributed by atoms with Crippen LogP contribution in [0.4, 0.5) is 0 Å². The van der Waals surface area contributed by atoms with Gasteiger partial charge in [0, 0.05) is 11.5 Å². The van der Waals surface area contributed by atoms with Crippen LogP contribution in [0.15, 0.2) is 33.5 Å². The van der Waals surface area contributed by atoms with Gasteiger partial charge in [0.05, 0.1) is 0 Å². The maximum Gasteiger partial charge on any atom is 0.336 e. The largest absolute Gasteiger partial charge is 0.423 e. The van der Waals surface area contributed by atoms with Crippen molar-refractivity contribution in [3.05, 3.63) is 45.8 Å². The molecule has 0 atom stereocenters. The van der Waals surface area contributed by atoms with Crippen LogP contribution < -0.4 is 5.63 Å². The number of benzene rings is 1. The summed E-state index contributed by atoms with van der Waals surface area (Å²) in [5.41, 5.74) is 2.68. The highest BCUT2D eigenvalue weighted by atomic mass is 16.4. The van der Waals surface area contributed by atoms with Gasteiger partial charge in [-0.2, -0.15) is 0 Å². The molecule has 1 aromatic heterocycles. The highest BCUT2D eigenvalue weighted by molar-refractivity contribution is 5.80. The van der Waals surface area contributed by atoms with Crippen LogP contribution in [0.2, 0.25) is 0 Å². The van der Waals surface area contributed by atoms with Crippen molar-refractivity contribution in [1.82, 2.24) is 0 Å². The average Bonchev–Trinajstić information content (AvgIpc) is 2.30. The molecule has 0 amide bonds. The Morgan fingerprint density at radius 3 is 2.53 bits per heavy atom. The Bertz CT molecular complexity index is 577. The molecule has 1 aromatic carbocycles. The molecule has 2 nitrogen and oxygen atoms in total. The summed E-state index contributed by atoms with van der Waals surface area (Å²) in [7, 11) is 0. The summed E-state index contributed by atoms with van der Waals surface area (Å²) in [6.45, 7) is 6.31. The number of aryl methyl sites for hydroxylation is 1. The predicted molar refractivity (Wildman–Crippen MR) is 70.5 cm³/mol. The third-order valence-electron chi connectivity index (χ3n) is 3.43. The first-order chi connectivity index (χ1) is 8.15. The average molecular weight is 230 g/mol. The quantitative estimate of drug-likeness (QED) is 0.746. The van der Waals surface area contributed by atoms with Crippen LogP contribution in [-0.2, 0) is 0 Å². The molecule has 17 heavy (non-hydrogen) atoms. The Labute approximate surface area is 101 Å². The van der Waals surface area contributed by atoms with Crippen molar-refractivity contribution in [3.8, 4) is 0 Å². The van der Waals surface area contributed by atoms with E-state index in [0.717, 1.165) is 23.8 Å². The Hall–Kier alpha value is -1.57. The second-order valence-corrected chi connectivity index (χ2v) is 4.52. The lowest BCUT2D eigenvalue weighted by molar-refractivity contribution is 0.557. The molecule has 0 saturated carbocycles. The van der Waals surface area contributed by atoms with Crippen molar-refractivity contribution < 1.29 is 4.42 Å². The second kappa shape index (κ2) is 4.74. The van der Waals surface area contributed by atoms with E-state index in [1.165, 1.54) is 5.56 Å². The van der Waals surface area contributed by atoms with E-state index in [0.29, 0.717) is 11.5 Å². The highest BCUT2D eigenvalue weighted by Crippen LogP contribution is 2.26. The maximum atomic E-state index is 11.4. The molecule has 0 fully saturated rings. The third-order valence-corrected chi connectivity index (χ3v) is 3.43. The molecule has 0 radical (unpaired) electrons. The predicted octanol–water partition coefficient (Wildman–Crippen LogP) is 4.01. The fourth-order valence-corrected chi connectivity index (χ4v) is 2.36. The molecule has 2 heteroatoms. The van der Waals surface area contributed by atoms with Gasteiger partial charge in [-0.1, -0.05) is 26.0 Å². The summed E-state index contributed by atoms with van der Waals surface area (Å²) in [4.78, 5) is 11.4. The molecule has 0 aliphatic heterocycles. The summed E-state index contributed by atoms with van der Waals surface area (Å²) in [5.74, 6) is 0.546. The van der Waals surface area contributed by atoms with Gasteiger partial charge in [0.25, 0.3) is 0 Å². The number of fused-ring (bicyclic) bond motifs is 1. The minimum Gasteiger partial charge on any atom is -0.423 e. The SMILES string of the molecule is CCC(CC)c1ccc2c(C)cc(=O)oc2c1. The van der Waals surface area contributed by atoms with Crippen LogP contribution in [0.25, 0.3) is 11.0 Å². The molecule has 0 saturated heterocycles. The lowest BCUT2D eigenvalue weighted by atomic mass is 9.93. The van der Waals surface area contributed by atoms with Crippen molar-refractivity contribution in [2.75, 3.05) is 0 Å². The summed E-state index contributed by atoms with van der Waals surface area (Å²) in [6, 6.07) is 7.76. The first-order valence-corrected chi connectivity index (χ1v) is 6.20. The Balaban J connectivity index is 2.61. The lowest BCUT2D eigenvalue weighted by Crippen LogP contribution is -2.00. The number of hydrogen-bond donors (Lipinski definition) is 0. The number of hydrogen-bond acceptors (Lipinski definition) is 2. The van der Waals surface area contributed by atoms with Crippen LogP contribution in [-0.4, -0.2) is 0 Å². The van der Waals surface area contributed by atoms with Gasteiger partial charge >= 0.3 is 5.63 Å². The fourth-order valence-electron chi connectivity index (χ4n) is 2.36. The Morgan fingerprint density at radius 1 is 1.18 bits per heavy atom. The molecule has 0 spiro atoms. The minimum absolute atomic E-state index is 0.267. The van der Waals surface area contributed by atoms with Crippen molar-refractivity contribution in [3.63, 3.8) is 0 Å². The van der Waals surface area contributed by atoms with Gasteiger partial charge in [0.15, 0.2) is 0 Å². The molecule has 0 N–H and O–H groups in total. The van der Waals surface area contributed by atoms with E-state index < -0.39 is 0 Å². The maximum absolute atomic E-state index is 11.4. The van der Waals surface area contributed by atoms with Crippen molar-refractivity contribution in [2.45, 2.75) is 39.5 Å². The molecule has 2 rings (SSSR count). The zero-order valence-electron chi connectivity index (χ0n) is 10.6. The molecule has 2 aromatic rings. The summed E-state index contributed by atoms with van der Waals surface area (Å²) in [5, 5.41) is 1.03. The Morgan fingerprint density at radius 2 is 1.88 bits per heavy atom. The molecule has 0 unspecified atom stereocenters. The van der Waals surface area contributed by atoms with Gasteiger partial charge in [0.1, 0.15) is 5.58 Å². The van der Waals surface area contributed by atoms with E-state index in [1.807, 2.05) is 13.0 Å². The first-order valence-electron chi connectivity index (χ1n) is 6.20. The molecule has 0 aliphatic rings.